The number of halogens is 2. The molecule has 1 aromatic carbocycles. The van der Waals surface area contributed by atoms with Crippen molar-refractivity contribution in [1.82, 2.24) is 9.80 Å². The molecule has 1 unspecified atom stereocenters. The van der Waals surface area contributed by atoms with Gasteiger partial charge in [0.15, 0.2) is 11.6 Å². The molecule has 1 aliphatic heterocycles. The first-order valence-corrected chi connectivity index (χ1v) is 6.35. The number of nitrogen functional groups attached to an aromatic ring is 1. The fourth-order valence-corrected chi connectivity index (χ4v) is 2.36. The second-order valence-corrected chi connectivity index (χ2v) is 5.12. The number of hydrogen-bond donors (Lipinski definition) is 2. The maximum absolute atomic E-state index is 13.6. The summed E-state index contributed by atoms with van der Waals surface area (Å²) in [5.74, 6) is 2.90. The van der Waals surface area contributed by atoms with Crippen LogP contribution in [0.2, 0.25) is 0 Å². The molecule has 2 rings (SSSR count). The lowest BCUT2D eigenvalue weighted by Gasteiger charge is -2.20. The molecule has 1 fully saturated rings. The Labute approximate surface area is 116 Å². The van der Waals surface area contributed by atoms with Crippen LogP contribution >= 0.6 is 0 Å². The van der Waals surface area contributed by atoms with Crippen molar-refractivity contribution in [2.45, 2.75) is 12.5 Å². The van der Waals surface area contributed by atoms with Crippen LogP contribution in [-0.2, 0) is 0 Å². The molecular formula is C13H18F2N4O. The monoisotopic (exact) mass is 284 g/mol. The summed E-state index contributed by atoms with van der Waals surface area (Å²) in [7, 11) is 3.89. The predicted octanol–water partition coefficient (Wildman–Crippen LogP) is 1.03. The molecule has 5 nitrogen and oxygen atoms in total. The van der Waals surface area contributed by atoms with Crippen LogP contribution in [0.4, 0.5) is 14.5 Å². The number of hydrazine groups is 1. The molecule has 1 aromatic rings. The van der Waals surface area contributed by atoms with Crippen LogP contribution in [0.5, 0.6) is 0 Å². The number of benzene rings is 1. The van der Waals surface area contributed by atoms with Gasteiger partial charge in [0, 0.05) is 24.7 Å². The van der Waals surface area contributed by atoms with Gasteiger partial charge < -0.3 is 15.2 Å². The summed E-state index contributed by atoms with van der Waals surface area (Å²) in [5.41, 5.74) is 1.50. The summed E-state index contributed by atoms with van der Waals surface area (Å²) in [6.45, 7) is 1.15. The minimum atomic E-state index is -0.876. The molecule has 0 aromatic heterocycles. The van der Waals surface area contributed by atoms with Crippen LogP contribution in [-0.4, -0.2) is 48.9 Å². The van der Waals surface area contributed by atoms with Gasteiger partial charge in [0.05, 0.1) is 0 Å². The third-order valence-electron chi connectivity index (χ3n) is 3.61. The number of amides is 1. The smallest absolute Gasteiger partial charge is 0.254 e. The average molecular weight is 284 g/mol. The topological polar surface area (TPSA) is 61.6 Å². The van der Waals surface area contributed by atoms with E-state index in [9.17, 15) is 13.6 Å². The molecule has 110 valence electrons. The highest BCUT2D eigenvalue weighted by atomic mass is 19.1. The number of anilines is 1. The van der Waals surface area contributed by atoms with Gasteiger partial charge in [0.2, 0.25) is 0 Å². The first kappa shape index (κ1) is 14.7. The van der Waals surface area contributed by atoms with Gasteiger partial charge in [0.25, 0.3) is 5.91 Å². The molecule has 0 saturated carbocycles. The lowest BCUT2D eigenvalue weighted by atomic mass is 10.1. The van der Waals surface area contributed by atoms with E-state index in [0.717, 1.165) is 18.6 Å². The second-order valence-electron chi connectivity index (χ2n) is 5.12. The average Bonchev–Trinajstić information content (AvgIpc) is 2.87. The van der Waals surface area contributed by atoms with E-state index in [4.69, 9.17) is 5.84 Å². The highest BCUT2D eigenvalue weighted by Crippen LogP contribution is 2.22. The minimum absolute atomic E-state index is 0.00148. The Kier molecular flexibility index (Phi) is 4.20. The van der Waals surface area contributed by atoms with Crippen molar-refractivity contribution in [3.05, 3.63) is 29.3 Å². The van der Waals surface area contributed by atoms with Gasteiger partial charge in [-0.25, -0.2) is 8.78 Å². The third-order valence-corrected chi connectivity index (χ3v) is 3.61. The van der Waals surface area contributed by atoms with E-state index in [1.807, 2.05) is 24.4 Å². The van der Waals surface area contributed by atoms with Crippen molar-refractivity contribution in [3.63, 3.8) is 0 Å². The van der Waals surface area contributed by atoms with Gasteiger partial charge in [-0.1, -0.05) is 0 Å². The number of likely N-dealkylation sites (tertiary alicyclic amines) is 1. The van der Waals surface area contributed by atoms with Crippen molar-refractivity contribution in [2.75, 3.05) is 32.6 Å². The molecule has 1 atom stereocenters. The molecule has 7 heteroatoms. The van der Waals surface area contributed by atoms with Crippen molar-refractivity contribution in [2.24, 2.45) is 5.84 Å². The zero-order chi connectivity index (χ0) is 14.9. The van der Waals surface area contributed by atoms with Gasteiger partial charge in [-0.2, -0.15) is 0 Å². The number of carbonyl (C=O) groups excluding carboxylic acids is 1. The Bertz CT molecular complexity index is 498. The number of likely N-dealkylation sites (N-methyl/N-ethyl adjacent to an activating group) is 1. The number of nitrogens with one attached hydrogen (secondary N) is 1. The summed E-state index contributed by atoms with van der Waals surface area (Å²) in [5, 5.41) is 0. The second kappa shape index (κ2) is 5.72. The lowest BCUT2D eigenvalue weighted by molar-refractivity contribution is 0.0782. The molecular weight excluding hydrogens is 266 g/mol. The summed E-state index contributed by atoms with van der Waals surface area (Å²) in [6.07, 6.45) is 0.853. The summed E-state index contributed by atoms with van der Waals surface area (Å²) >= 11 is 0. The number of rotatable bonds is 3. The van der Waals surface area contributed by atoms with E-state index >= 15 is 0 Å². The van der Waals surface area contributed by atoms with E-state index in [1.165, 1.54) is 0 Å². The zero-order valence-electron chi connectivity index (χ0n) is 11.5. The minimum Gasteiger partial charge on any atom is -0.337 e. The molecule has 0 aliphatic carbocycles. The number of hydrogen-bond acceptors (Lipinski definition) is 4. The van der Waals surface area contributed by atoms with Crippen LogP contribution in [0.25, 0.3) is 0 Å². The Morgan fingerprint density at radius 3 is 2.45 bits per heavy atom. The summed E-state index contributed by atoms with van der Waals surface area (Å²) < 4.78 is 27.2. The predicted molar refractivity (Wildman–Crippen MR) is 72.2 cm³/mol. The van der Waals surface area contributed by atoms with E-state index < -0.39 is 17.3 Å². The quantitative estimate of drug-likeness (QED) is 0.643. The van der Waals surface area contributed by atoms with Crippen molar-refractivity contribution < 1.29 is 13.6 Å². The van der Waals surface area contributed by atoms with Crippen molar-refractivity contribution >= 4 is 11.6 Å². The fraction of sp³-hybridized carbons (Fsp3) is 0.462. The number of nitrogens with two attached hydrogens (primary N) is 1. The molecule has 20 heavy (non-hydrogen) atoms. The van der Waals surface area contributed by atoms with Crippen LogP contribution in [0.15, 0.2) is 12.1 Å². The zero-order valence-corrected chi connectivity index (χ0v) is 11.5. The number of carbonyl (C=O) groups is 1. The Balaban J connectivity index is 2.18. The Morgan fingerprint density at radius 2 is 2.00 bits per heavy atom. The molecule has 3 N–H and O–H groups in total. The molecule has 0 bridgehead atoms. The molecule has 1 aliphatic rings. The first-order chi connectivity index (χ1) is 9.43. The SMILES string of the molecule is CN(C)C1CCN(C(=O)c2cc(F)c(NN)c(F)c2)C1. The Hall–Kier alpha value is -1.73. The molecule has 1 heterocycles. The summed E-state index contributed by atoms with van der Waals surface area (Å²) in [4.78, 5) is 15.9. The van der Waals surface area contributed by atoms with E-state index in [-0.39, 0.29) is 17.5 Å². The van der Waals surface area contributed by atoms with E-state index in [2.05, 4.69) is 0 Å². The van der Waals surface area contributed by atoms with Gasteiger partial charge in [-0.3, -0.25) is 10.6 Å². The fourth-order valence-electron chi connectivity index (χ4n) is 2.36. The van der Waals surface area contributed by atoms with Crippen molar-refractivity contribution in [1.29, 1.82) is 0 Å². The third kappa shape index (κ3) is 2.73. The molecule has 0 spiro atoms. The van der Waals surface area contributed by atoms with Crippen LogP contribution in [0, 0.1) is 11.6 Å². The molecule has 0 radical (unpaired) electrons. The number of nitrogens with zero attached hydrogens (tertiary/aromatic N) is 2. The Morgan fingerprint density at radius 1 is 1.40 bits per heavy atom. The van der Waals surface area contributed by atoms with Crippen molar-refractivity contribution in [3.8, 4) is 0 Å². The normalized spacial score (nSPS) is 18.7. The maximum Gasteiger partial charge on any atom is 0.254 e. The van der Waals surface area contributed by atoms with Gasteiger partial charge in [-0.15, -0.1) is 0 Å². The largest absolute Gasteiger partial charge is 0.337 e. The standard InChI is InChI=1S/C13H18F2N4O/c1-18(2)9-3-4-19(7-9)13(20)8-5-10(14)12(17-16)11(15)6-8/h5-6,9,17H,3-4,7,16H2,1-2H3. The van der Waals surface area contributed by atoms with Crippen LogP contribution < -0.4 is 11.3 Å². The first-order valence-electron chi connectivity index (χ1n) is 6.35. The van der Waals surface area contributed by atoms with Gasteiger partial charge >= 0.3 is 0 Å². The van der Waals surface area contributed by atoms with Crippen LogP contribution in [0.3, 0.4) is 0 Å². The van der Waals surface area contributed by atoms with Gasteiger partial charge in [-0.05, 0) is 32.6 Å². The van der Waals surface area contributed by atoms with Gasteiger partial charge in [0.1, 0.15) is 5.69 Å². The lowest BCUT2D eigenvalue weighted by Crippen LogP contribution is -2.34. The summed E-state index contributed by atoms with van der Waals surface area (Å²) in [6, 6.07) is 2.28. The maximum atomic E-state index is 13.6. The van der Waals surface area contributed by atoms with E-state index in [1.54, 1.807) is 4.90 Å². The molecule has 1 saturated heterocycles. The highest BCUT2D eigenvalue weighted by Gasteiger charge is 2.28. The highest BCUT2D eigenvalue weighted by molar-refractivity contribution is 5.94. The van der Waals surface area contributed by atoms with Crippen LogP contribution in [0.1, 0.15) is 16.8 Å². The molecule has 1 amide bonds. The van der Waals surface area contributed by atoms with E-state index in [0.29, 0.717) is 13.1 Å².